The molecule has 1 aliphatic heterocycles. The lowest BCUT2D eigenvalue weighted by atomic mass is 10.2. The van der Waals surface area contributed by atoms with Crippen LogP contribution in [0, 0.1) is 0 Å². The summed E-state index contributed by atoms with van der Waals surface area (Å²) in [6, 6.07) is 4.64. The zero-order valence-corrected chi connectivity index (χ0v) is 11.3. The number of nitrogens with two attached hydrogens (primary N) is 1. The Hall–Kier alpha value is -1.75. The molecule has 2 aromatic rings. The van der Waals surface area contributed by atoms with Gasteiger partial charge in [-0.05, 0) is 38.1 Å². The summed E-state index contributed by atoms with van der Waals surface area (Å²) in [5.74, 6) is 0. The molecule has 1 unspecified atom stereocenters. The summed E-state index contributed by atoms with van der Waals surface area (Å²) in [5, 5.41) is 11.6. The summed E-state index contributed by atoms with van der Waals surface area (Å²) < 4.78 is 0. The Balaban J connectivity index is 1.72. The van der Waals surface area contributed by atoms with Gasteiger partial charge >= 0.3 is 0 Å². The molecule has 0 amide bonds. The minimum Gasteiger partial charge on any atom is -0.397 e. The number of anilines is 2. The normalized spacial score (nSPS) is 20.2. The maximum atomic E-state index is 6.08. The van der Waals surface area contributed by atoms with Crippen LogP contribution in [0.2, 0.25) is 0 Å². The molecule has 4 N–H and O–H groups in total. The highest BCUT2D eigenvalue weighted by atomic mass is 15.2. The number of likely N-dealkylation sites (tertiary alicyclic amines) is 1. The first-order valence-corrected chi connectivity index (χ1v) is 6.98. The number of hydrogen-bond donors (Lipinski definition) is 3. The van der Waals surface area contributed by atoms with E-state index in [2.05, 4.69) is 27.3 Å². The van der Waals surface area contributed by atoms with Crippen molar-refractivity contribution >= 4 is 22.3 Å². The fourth-order valence-corrected chi connectivity index (χ4v) is 2.93. The van der Waals surface area contributed by atoms with Crippen LogP contribution >= 0.6 is 0 Å². The Morgan fingerprint density at radius 2 is 2.42 bits per heavy atom. The Labute approximate surface area is 113 Å². The second kappa shape index (κ2) is 5.09. The monoisotopic (exact) mass is 259 g/mol. The van der Waals surface area contributed by atoms with Crippen LogP contribution in [0.15, 0.2) is 18.3 Å². The smallest absolute Gasteiger partial charge is 0.0672 e. The van der Waals surface area contributed by atoms with E-state index in [-0.39, 0.29) is 0 Å². The Kier molecular flexibility index (Phi) is 3.29. The molecule has 0 aliphatic carbocycles. The van der Waals surface area contributed by atoms with E-state index in [1.807, 2.05) is 12.1 Å². The predicted octanol–water partition coefficient (Wildman–Crippen LogP) is 2.04. The average Bonchev–Trinajstić information content (AvgIpc) is 3.03. The van der Waals surface area contributed by atoms with Crippen molar-refractivity contribution in [1.82, 2.24) is 15.1 Å². The first-order chi connectivity index (χ1) is 9.28. The summed E-state index contributed by atoms with van der Waals surface area (Å²) in [7, 11) is 0. The van der Waals surface area contributed by atoms with Crippen LogP contribution in [0.5, 0.6) is 0 Å². The Morgan fingerprint density at radius 3 is 3.26 bits per heavy atom. The summed E-state index contributed by atoms with van der Waals surface area (Å²) in [5.41, 5.74) is 8.89. The number of aromatic nitrogens is 2. The lowest BCUT2D eigenvalue weighted by molar-refractivity contribution is 0.277. The van der Waals surface area contributed by atoms with Gasteiger partial charge in [0.1, 0.15) is 0 Å². The number of likely N-dealkylation sites (N-methyl/N-ethyl adjacent to an activating group) is 1. The number of fused-ring (bicyclic) bond motifs is 1. The van der Waals surface area contributed by atoms with Gasteiger partial charge in [0.2, 0.25) is 0 Å². The first-order valence-electron chi connectivity index (χ1n) is 6.98. The number of H-pyrrole nitrogens is 1. The number of nitrogens with one attached hydrogen (secondary N) is 2. The van der Waals surface area contributed by atoms with Crippen LogP contribution in [0.25, 0.3) is 10.9 Å². The molecule has 5 heteroatoms. The molecule has 0 bridgehead atoms. The molecule has 1 fully saturated rings. The summed E-state index contributed by atoms with van der Waals surface area (Å²) in [6.45, 7) is 5.53. The maximum absolute atomic E-state index is 6.08. The Morgan fingerprint density at radius 1 is 1.53 bits per heavy atom. The van der Waals surface area contributed by atoms with Crippen molar-refractivity contribution in [2.45, 2.75) is 25.8 Å². The number of benzene rings is 1. The fraction of sp³-hybridized carbons (Fsp3) is 0.500. The van der Waals surface area contributed by atoms with E-state index in [1.165, 1.54) is 19.4 Å². The number of nitrogen functional groups attached to an aromatic ring is 1. The summed E-state index contributed by atoms with van der Waals surface area (Å²) >= 11 is 0. The summed E-state index contributed by atoms with van der Waals surface area (Å²) in [4.78, 5) is 2.53. The zero-order valence-electron chi connectivity index (χ0n) is 11.3. The number of aromatic amines is 1. The van der Waals surface area contributed by atoms with Gasteiger partial charge in [-0.25, -0.2) is 0 Å². The van der Waals surface area contributed by atoms with E-state index in [0.29, 0.717) is 6.04 Å². The molecule has 0 radical (unpaired) electrons. The first kappa shape index (κ1) is 12.3. The molecule has 19 heavy (non-hydrogen) atoms. The molecule has 0 saturated carbocycles. The van der Waals surface area contributed by atoms with Crippen LogP contribution in [-0.2, 0) is 0 Å². The van der Waals surface area contributed by atoms with Crippen LogP contribution in [-0.4, -0.2) is 40.8 Å². The highest BCUT2D eigenvalue weighted by Crippen LogP contribution is 2.25. The van der Waals surface area contributed by atoms with Gasteiger partial charge in [-0.15, -0.1) is 0 Å². The largest absolute Gasteiger partial charge is 0.397 e. The average molecular weight is 259 g/mol. The van der Waals surface area contributed by atoms with E-state index < -0.39 is 0 Å². The van der Waals surface area contributed by atoms with Crippen LogP contribution in [0.1, 0.15) is 19.8 Å². The molecular formula is C14H21N5. The fourth-order valence-electron chi connectivity index (χ4n) is 2.93. The molecule has 5 nitrogen and oxygen atoms in total. The number of hydrogen-bond acceptors (Lipinski definition) is 4. The van der Waals surface area contributed by atoms with Crippen LogP contribution in [0.4, 0.5) is 11.4 Å². The molecule has 3 rings (SSSR count). The SMILES string of the molecule is CCN1CCCC1CNc1cc2[nH]ncc2cc1N. The van der Waals surface area contributed by atoms with E-state index in [1.54, 1.807) is 6.20 Å². The van der Waals surface area contributed by atoms with E-state index in [4.69, 9.17) is 5.73 Å². The van der Waals surface area contributed by atoms with Gasteiger partial charge in [0.25, 0.3) is 0 Å². The second-order valence-electron chi connectivity index (χ2n) is 5.20. The van der Waals surface area contributed by atoms with Gasteiger partial charge in [-0.1, -0.05) is 6.92 Å². The highest BCUT2D eigenvalue weighted by molar-refractivity contribution is 5.88. The van der Waals surface area contributed by atoms with Crippen molar-refractivity contribution in [1.29, 1.82) is 0 Å². The van der Waals surface area contributed by atoms with E-state index >= 15 is 0 Å². The quantitative estimate of drug-likeness (QED) is 0.735. The highest BCUT2D eigenvalue weighted by Gasteiger charge is 2.22. The van der Waals surface area contributed by atoms with Gasteiger partial charge < -0.3 is 11.1 Å². The molecular weight excluding hydrogens is 238 g/mol. The third-order valence-electron chi connectivity index (χ3n) is 4.04. The van der Waals surface area contributed by atoms with E-state index in [0.717, 1.165) is 35.4 Å². The third-order valence-corrected chi connectivity index (χ3v) is 4.04. The second-order valence-corrected chi connectivity index (χ2v) is 5.20. The van der Waals surface area contributed by atoms with Gasteiger partial charge in [0.05, 0.1) is 23.1 Å². The van der Waals surface area contributed by atoms with Crippen molar-refractivity contribution in [2.24, 2.45) is 0 Å². The molecule has 102 valence electrons. The number of nitrogens with zero attached hydrogens (tertiary/aromatic N) is 2. The Bertz CT molecular complexity index is 562. The van der Waals surface area contributed by atoms with Crippen molar-refractivity contribution in [2.75, 3.05) is 30.7 Å². The third kappa shape index (κ3) is 2.38. The van der Waals surface area contributed by atoms with E-state index in [9.17, 15) is 0 Å². The minimum absolute atomic E-state index is 0.627. The van der Waals surface area contributed by atoms with Gasteiger partial charge in [-0.2, -0.15) is 5.10 Å². The van der Waals surface area contributed by atoms with Crippen molar-refractivity contribution < 1.29 is 0 Å². The van der Waals surface area contributed by atoms with Crippen LogP contribution in [0.3, 0.4) is 0 Å². The van der Waals surface area contributed by atoms with Crippen LogP contribution < -0.4 is 11.1 Å². The lowest BCUT2D eigenvalue weighted by Gasteiger charge is -2.23. The molecule has 1 atom stereocenters. The standard InChI is InChI=1S/C14H21N5/c1-2-19-5-3-4-11(19)9-16-14-7-13-10(6-12(14)15)8-17-18-13/h6-8,11,16H,2-5,9,15H2,1H3,(H,17,18). The summed E-state index contributed by atoms with van der Waals surface area (Å²) in [6.07, 6.45) is 4.37. The van der Waals surface area contributed by atoms with Gasteiger partial charge in [0, 0.05) is 18.0 Å². The molecule has 1 saturated heterocycles. The lowest BCUT2D eigenvalue weighted by Crippen LogP contribution is -2.34. The molecule has 1 aromatic heterocycles. The topological polar surface area (TPSA) is 70.0 Å². The minimum atomic E-state index is 0.627. The van der Waals surface area contributed by atoms with Crippen molar-refractivity contribution in [3.8, 4) is 0 Å². The molecule has 1 aliphatic rings. The van der Waals surface area contributed by atoms with Gasteiger partial charge in [-0.3, -0.25) is 10.00 Å². The van der Waals surface area contributed by atoms with Gasteiger partial charge in [0.15, 0.2) is 0 Å². The number of rotatable bonds is 4. The maximum Gasteiger partial charge on any atom is 0.0672 e. The molecule has 0 spiro atoms. The molecule has 1 aromatic carbocycles. The molecule has 2 heterocycles. The van der Waals surface area contributed by atoms with Crippen molar-refractivity contribution in [3.05, 3.63) is 18.3 Å². The zero-order chi connectivity index (χ0) is 13.2. The van der Waals surface area contributed by atoms with Crippen molar-refractivity contribution in [3.63, 3.8) is 0 Å². The predicted molar refractivity (Wildman–Crippen MR) is 79.3 cm³/mol.